The first-order valence-electron chi connectivity index (χ1n) is 11.9. The van der Waals surface area contributed by atoms with E-state index in [0.717, 1.165) is 12.8 Å². The number of Topliss-reactive ketones (excluding diaryl/α,β-unsaturated/α-hetero) is 1. The number of hydrogen-bond acceptors (Lipinski definition) is 6. The molecule has 4 rings (SSSR count). The van der Waals surface area contributed by atoms with Crippen LogP contribution >= 0.6 is 0 Å². The van der Waals surface area contributed by atoms with E-state index in [-0.39, 0.29) is 35.2 Å². The molecular formula is C28H28F3NO5. The number of pyridine rings is 1. The Morgan fingerprint density at radius 2 is 1.76 bits per heavy atom. The molecule has 1 saturated carbocycles. The van der Waals surface area contributed by atoms with E-state index >= 15 is 0 Å². The smallest absolute Gasteiger partial charge is 0.272 e. The molecule has 0 aliphatic heterocycles. The molecule has 1 atom stereocenters. The van der Waals surface area contributed by atoms with Gasteiger partial charge in [0.2, 0.25) is 0 Å². The number of ketones is 1. The first-order valence-corrected chi connectivity index (χ1v) is 11.9. The van der Waals surface area contributed by atoms with Crippen LogP contribution in [0.2, 0.25) is 0 Å². The maximum absolute atomic E-state index is 14.2. The highest BCUT2D eigenvalue weighted by molar-refractivity contribution is 5.96. The van der Waals surface area contributed by atoms with Gasteiger partial charge in [0, 0.05) is 17.5 Å². The first kappa shape index (κ1) is 26.5. The number of carbonyl (C=O) groups is 1. The average molecular weight is 516 g/mol. The normalized spacial score (nSPS) is 14.8. The van der Waals surface area contributed by atoms with E-state index in [1.54, 1.807) is 19.1 Å². The molecule has 0 spiro atoms. The Morgan fingerprint density at radius 1 is 1.05 bits per heavy atom. The van der Waals surface area contributed by atoms with Crippen LogP contribution in [0.1, 0.15) is 47.3 Å². The third-order valence-electron chi connectivity index (χ3n) is 6.35. The van der Waals surface area contributed by atoms with Crippen molar-refractivity contribution in [3.8, 4) is 28.5 Å². The lowest BCUT2D eigenvalue weighted by atomic mass is 9.90. The average Bonchev–Trinajstić information content (AvgIpc) is 3.72. The van der Waals surface area contributed by atoms with Crippen LogP contribution in [0.3, 0.4) is 0 Å². The van der Waals surface area contributed by atoms with E-state index in [4.69, 9.17) is 14.2 Å². The van der Waals surface area contributed by atoms with Gasteiger partial charge >= 0.3 is 0 Å². The second kappa shape index (κ2) is 10.8. The van der Waals surface area contributed by atoms with Gasteiger partial charge in [-0.05, 0) is 80.3 Å². The number of methoxy groups -OCH3 is 2. The molecule has 196 valence electrons. The van der Waals surface area contributed by atoms with Crippen LogP contribution in [-0.2, 0) is 5.60 Å². The molecule has 6 nitrogen and oxygen atoms in total. The Hall–Kier alpha value is -3.59. The molecule has 0 amide bonds. The van der Waals surface area contributed by atoms with Crippen LogP contribution in [0, 0.1) is 12.7 Å². The Morgan fingerprint density at radius 3 is 2.38 bits per heavy atom. The summed E-state index contributed by atoms with van der Waals surface area (Å²) in [6.45, 7) is 1.57. The summed E-state index contributed by atoms with van der Waals surface area (Å²) in [7, 11) is 2.85. The number of hydrogen-bond donors (Lipinski definition) is 1. The summed E-state index contributed by atoms with van der Waals surface area (Å²) in [5, 5.41) is 11.0. The number of benzene rings is 2. The lowest BCUT2D eigenvalue weighted by molar-refractivity contribution is -0.109. The molecule has 1 aliphatic carbocycles. The predicted molar refractivity (Wildman–Crippen MR) is 131 cm³/mol. The lowest BCUT2D eigenvalue weighted by Gasteiger charge is -2.27. The number of aryl methyl sites for hydroxylation is 1. The number of aromatic nitrogens is 1. The zero-order valence-electron chi connectivity index (χ0n) is 20.8. The fraction of sp³-hybridized carbons (Fsp3) is 0.357. The molecule has 0 radical (unpaired) electrons. The maximum atomic E-state index is 14.2. The fourth-order valence-corrected chi connectivity index (χ4v) is 3.95. The van der Waals surface area contributed by atoms with Crippen LogP contribution in [0.25, 0.3) is 11.3 Å². The topological polar surface area (TPSA) is 77.9 Å². The summed E-state index contributed by atoms with van der Waals surface area (Å²) in [4.78, 5) is 17.2. The summed E-state index contributed by atoms with van der Waals surface area (Å²) < 4.78 is 58.6. The van der Waals surface area contributed by atoms with Crippen LogP contribution in [0.15, 0.2) is 48.5 Å². The highest BCUT2D eigenvalue weighted by atomic mass is 19.3. The van der Waals surface area contributed by atoms with Gasteiger partial charge in [-0.25, -0.2) is 18.2 Å². The van der Waals surface area contributed by atoms with Gasteiger partial charge in [-0.3, -0.25) is 4.79 Å². The summed E-state index contributed by atoms with van der Waals surface area (Å²) in [5.74, 6) is 0.279. The molecule has 1 heterocycles. The van der Waals surface area contributed by atoms with Gasteiger partial charge in [-0.2, -0.15) is 0 Å². The Balaban J connectivity index is 1.59. The largest absolute Gasteiger partial charge is 0.494 e. The number of alkyl halides is 2. The minimum absolute atomic E-state index is 0.136. The van der Waals surface area contributed by atoms with Gasteiger partial charge in [-0.15, -0.1) is 0 Å². The molecule has 1 N–H and O–H groups in total. The molecule has 1 unspecified atom stereocenters. The van der Waals surface area contributed by atoms with E-state index < -0.39 is 30.0 Å². The first-order chi connectivity index (χ1) is 17.7. The number of ether oxygens (including phenoxy) is 3. The van der Waals surface area contributed by atoms with E-state index in [1.807, 2.05) is 0 Å². The second-order valence-electron chi connectivity index (χ2n) is 9.04. The van der Waals surface area contributed by atoms with Crippen LogP contribution in [0.5, 0.6) is 17.2 Å². The van der Waals surface area contributed by atoms with Crippen molar-refractivity contribution in [2.75, 3.05) is 14.2 Å². The van der Waals surface area contributed by atoms with Crippen molar-refractivity contribution < 1.29 is 37.3 Å². The standard InChI is InChI=1S/C28H28F3NO5/c1-16-14-18(4-8-20(16)29)26-23(35-2)10-11-25(32-26)28(34,27(30)31)13-12-21(33)17-5-9-22(24(15-17)36-3)37-19-6-7-19/h4-5,8-11,14-15,19,27,34H,6-7,12-13H2,1-3H3. The van der Waals surface area contributed by atoms with E-state index in [0.29, 0.717) is 22.6 Å². The van der Waals surface area contributed by atoms with E-state index in [2.05, 4.69) is 4.98 Å². The molecule has 2 aromatic carbocycles. The maximum Gasteiger partial charge on any atom is 0.272 e. The second-order valence-corrected chi connectivity index (χ2v) is 9.04. The van der Waals surface area contributed by atoms with Crippen molar-refractivity contribution in [3.63, 3.8) is 0 Å². The summed E-state index contributed by atoms with van der Waals surface area (Å²) >= 11 is 0. The molecule has 1 aliphatic rings. The number of carbonyl (C=O) groups excluding carboxylic acids is 1. The van der Waals surface area contributed by atoms with Crippen LogP contribution < -0.4 is 14.2 Å². The molecule has 1 aromatic heterocycles. The number of rotatable bonds is 11. The van der Waals surface area contributed by atoms with Crippen molar-refractivity contribution in [3.05, 3.63) is 71.2 Å². The SMILES string of the molecule is COc1cc(C(=O)CCC(O)(c2ccc(OC)c(-c3ccc(F)c(C)c3)n2)C(F)F)ccc1OC1CC1. The monoisotopic (exact) mass is 515 g/mol. The Labute approximate surface area is 213 Å². The van der Waals surface area contributed by atoms with Crippen molar-refractivity contribution in [1.82, 2.24) is 4.98 Å². The summed E-state index contributed by atoms with van der Waals surface area (Å²) in [6.07, 6.45) is -2.13. The van der Waals surface area contributed by atoms with E-state index in [9.17, 15) is 23.1 Å². The molecule has 3 aromatic rings. The molecule has 37 heavy (non-hydrogen) atoms. The number of nitrogens with zero attached hydrogens (tertiary/aromatic N) is 1. The van der Waals surface area contributed by atoms with Crippen molar-refractivity contribution in [2.45, 2.75) is 50.7 Å². The van der Waals surface area contributed by atoms with Crippen LogP contribution in [-0.4, -0.2) is 42.6 Å². The van der Waals surface area contributed by atoms with Crippen molar-refractivity contribution in [1.29, 1.82) is 0 Å². The van der Waals surface area contributed by atoms with Gasteiger partial charge in [0.15, 0.2) is 22.9 Å². The number of halogens is 3. The highest BCUT2D eigenvalue weighted by Crippen LogP contribution is 2.38. The summed E-state index contributed by atoms with van der Waals surface area (Å²) in [6, 6.07) is 11.5. The highest BCUT2D eigenvalue weighted by Gasteiger charge is 2.42. The molecule has 0 saturated heterocycles. The third kappa shape index (κ3) is 5.72. The van der Waals surface area contributed by atoms with Crippen molar-refractivity contribution >= 4 is 5.78 Å². The third-order valence-corrected chi connectivity index (χ3v) is 6.35. The van der Waals surface area contributed by atoms with Gasteiger partial charge in [-0.1, -0.05) is 0 Å². The quantitative estimate of drug-likeness (QED) is 0.322. The van der Waals surface area contributed by atoms with E-state index in [1.165, 1.54) is 50.6 Å². The Bertz CT molecular complexity index is 1290. The zero-order chi connectivity index (χ0) is 26.7. The minimum atomic E-state index is -3.23. The predicted octanol–water partition coefficient (Wildman–Crippen LogP) is 5.87. The molecule has 0 bridgehead atoms. The van der Waals surface area contributed by atoms with Crippen molar-refractivity contribution in [2.24, 2.45) is 0 Å². The van der Waals surface area contributed by atoms with Gasteiger partial charge < -0.3 is 19.3 Å². The number of aliphatic hydroxyl groups is 1. The van der Waals surface area contributed by atoms with Gasteiger partial charge in [0.25, 0.3) is 6.43 Å². The lowest BCUT2D eigenvalue weighted by Crippen LogP contribution is -2.36. The molecular weight excluding hydrogens is 487 g/mol. The van der Waals surface area contributed by atoms with Gasteiger partial charge in [0.05, 0.1) is 26.0 Å². The van der Waals surface area contributed by atoms with Gasteiger partial charge in [0.1, 0.15) is 17.3 Å². The summed E-state index contributed by atoms with van der Waals surface area (Å²) in [5.41, 5.74) is -1.83. The minimum Gasteiger partial charge on any atom is -0.494 e. The Kier molecular flexibility index (Phi) is 7.73. The molecule has 1 fully saturated rings. The zero-order valence-corrected chi connectivity index (χ0v) is 20.8. The fourth-order valence-electron chi connectivity index (χ4n) is 3.95. The molecule has 9 heteroatoms. The van der Waals surface area contributed by atoms with Crippen LogP contribution in [0.4, 0.5) is 13.2 Å².